The van der Waals surface area contributed by atoms with Gasteiger partial charge in [-0.05, 0) is 18.2 Å². The summed E-state index contributed by atoms with van der Waals surface area (Å²) in [6.07, 6.45) is 0. The van der Waals surface area contributed by atoms with Crippen molar-refractivity contribution in [1.82, 2.24) is 9.97 Å². The first kappa shape index (κ1) is 11.9. The van der Waals surface area contributed by atoms with Crippen LogP contribution in [0, 0.1) is 10.5 Å². The molecule has 2 aromatic rings. The molecule has 17 heavy (non-hydrogen) atoms. The lowest BCUT2D eigenvalue weighted by Gasteiger charge is -2.05. The van der Waals surface area contributed by atoms with Crippen LogP contribution in [-0.4, -0.2) is 17.1 Å². The van der Waals surface area contributed by atoms with Crippen LogP contribution in [0.5, 0.6) is 0 Å². The fourth-order valence-electron chi connectivity index (χ4n) is 1.51. The molecule has 0 radical (unpaired) electrons. The van der Waals surface area contributed by atoms with Crippen LogP contribution in [0.1, 0.15) is 5.69 Å². The molecule has 0 aliphatic rings. The van der Waals surface area contributed by atoms with Crippen molar-refractivity contribution in [3.63, 3.8) is 0 Å². The third-order valence-electron chi connectivity index (χ3n) is 2.20. The molecule has 0 aliphatic carbocycles. The number of halogens is 1. The second-order valence-corrected chi connectivity index (χ2v) is 3.95. The first-order chi connectivity index (χ1) is 8.19. The van der Waals surface area contributed by atoms with E-state index in [-0.39, 0.29) is 5.82 Å². The van der Waals surface area contributed by atoms with Gasteiger partial charge in [0.1, 0.15) is 16.3 Å². The molecule has 0 atom stereocenters. The maximum atomic E-state index is 13.1. The summed E-state index contributed by atoms with van der Waals surface area (Å²) in [6.45, 7) is 0.411. The normalized spacial score (nSPS) is 10.5. The monoisotopic (exact) mass is 250 g/mol. The molecular formula is C12H11FN2OS. The van der Waals surface area contributed by atoms with E-state index >= 15 is 0 Å². The van der Waals surface area contributed by atoms with E-state index in [0.29, 0.717) is 22.6 Å². The minimum absolute atomic E-state index is 0.305. The van der Waals surface area contributed by atoms with Crippen LogP contribution < -0.4 is 0 Å². The first-order valence-corrected chi connectivity index (χ1v) is 5.45. The lowest BCUT2D eigenvalue weighted by molar-refractivity contribution is 0.181. The van der Waals surface area contributed by atoms with Crippen LogP contribution in [0.15, 0.2) is 30.3 Å². The summed E-state index contributed by atoms with van der Waals surface area (Å²) in [5, 5.41) is 0. The number of H-pyrrole nitrogens is 1. The molecule has 0 unspecified atom stereocenters. The van der Waals surface area contributed by atoms with Gasteiger partial charge in [0, 0.05) is 18.4 Å². The van der Waals surface area contributed by atoms with Crippen molar-refractivity contribution >= 4 is 12.2 Å². The van der Waals surface area contributed by atoms with Gasteiger partial charge in [-0.15, -0.1) is 0 Å². The molecule has 1 N–H and O–H groups in total. The number of hydrogen-bond donors (Lipinski definition) is 1. The number of aromatic nitrogens is 2. The van der Waals surface area contributed by atoms with E-state index in [1.165, 1.54) is 12.1 Å². The number of hydrogen-bond acceptors (Lipinski definition) is 3. The van der Waals surface area contributed by atoms with Crippen molar-refractivity contribution in [3.05, 3.63) is 46.5 Å². The van der Waals surface area contributed by atoms with E-state index < -0.39 is 0 Å². The molecule has 0 saturated heterocycles. The summed E-state index contributed by atoms with van der Waals surface area (Å²) in [6, 6.07) is 7.92. The molecule has 0 fully saturated rings. The molecule has 1 aromatic carbocycles. The van der Waals surface area contributed by atoms with Gasteiger partial charge in [0.05, 0.1) is 6.61 Å². The van der Waals surface area contributed by atoms with Crippen molar-refractivity contribution < 1.29 is 9.13 Å². The van der Waals surface area contributed by atoms with Crippen molar-refractivity contribution in [1.29, 1.82) is 0 Å². The average molecular weight is 250 g/mol. The topological polar surface area (TPSA) is 37.9 Å². The van der Waals surface area contributed by atoms with Gasteiger partial charge >= 0.3 is 0 Å². The number of methoxy groups -OCH3 is 1. The number of ether oxygens (including phenoxy) is 1. The summed E-state index contributed by atoms with van der Waals surface area (Å²) < 4.78 is 18.6. The van der Waals surface area contributed by atoms with Gasteiger partial charge in [-0.3, -0.25) is 0 Å². The van der Waals surface area contributed by atoms with Crippen LogP contribution in [0.4, 0.5) is 4.39 Å². The summed E-state index contributed by atoms with van der Waals surface area (Å²) in [7, 11) is 1.60. The fourth-order valence-corrected chi connectivity index (χ4v) is 1.75. The predicted octanol–water partition coefficient (Wildman–Crippen LogP) is 3.09. The predicted molar refractivity (Wildman–Crippen MR) is 65.5 cm³/mol. The number of nitrogens with one attached hydrogen (secondary N) is 1. The Bertz CT molecular complexity index is 583. The van der Waals surface area contributed by atoms with Crippen molar-refractivity contribution in [2.45, 2.75) is 6.61 Å². The van der Waals surface area contributed by atoms with E-state index in [1.807, 2.05) is 0 Å². The quantitative estimate of drug-likeness (QED) is 0.851. The van der Waals surface area contributed by atoms with Crippen LogP contribution in [0.3, 0.4) is 0 Å². The van der Waals surface area contributed by atoms with E-state index in [2.05, 4.69) is 9.97 Å². The molecule has 0 saturated carbocycles. The summed E-state index contributed by atoms with van der Waals surface area (Å²) >= 11 is 5.05. The molecule has 0 amide bonds. The number of rotatable bonds is 3. The van der Waals surface area contributed by atoms with Crippen LogP contribution >= 0.6 is 12.2 Å². The third-order valence-corrected chi connectivity index (χ3v) is 2.41. The lowest BCUT2D eigenvalue weighted by Crippen LogP contribution is -1.97. The van der Waals surface area contributed by atoms with E-state index in [0.717, 1.165) is 5.69 Å². The Balaban J connectivity index is 2.48. The molecule has 1 aromatic heterocycles. The highest BCUT2D eigenvalue weighted by Crippen LogP contribution is 2.16. The highest BCUT2D eigenvalue weighted by Gasteiger charge is 2.03. The summed E-state index contributed by atoms with van der Waals surface area (Å²) in [4.78, 5) is 7.22. The Morgan fingerprint density at radius 1 is 1.41 bits per heavy atom. The van der Waals surface area contributed by atoms with Gasteiger partial charge in [0.25, 0.3) is 0 Å². The third kappa shape index (κ3) is 2.95. The van der Waals surface area contributed by atoms with Crippen molar-refractivity contribution in [3.8, 4) is 11.4 Å². The van der Waals surface area contributed by atoms with E-state index in [1.54, 1.807) is 25.3 Å². The van der Waals surface area contributed by atoms with Gasteiger partial charge in [0.2, 0.25) is 0 Å². The zero-order chi connectivity index (χ0) is 12.3. The van der Waals surface area contributed by atoms with Crippen LogP contribution in [0.25, 0.3) is 11.4 Å². The molecule has 3 nitrogen and oxygen atoms in total. The minimum atomic E-state index is -0.305. The van der Waals surface area contributed by atoms with Gasteiger partial charge in [-0.1, -0.05) is 24.4 Å². The number of aromatic amines is 1. The Labute approximate surface area is 103 Å². The first-order valence-electron chi connectivity index (χ1n) is 5.04. The summed E-state index contributed by atoms with van der Waals surface area (Å²) in [5.74, 6) is 0.241. The zero-order valence-electron chi connectivity index (χ0n) is 9.24. The van der Waals surface area contributed by atoms with Gasteiger partial charge in [-0.25, -0.2) is 9.37 Å². The van der Waals surface area contributed by atoms with Gasteiger partial charge in [-0.2, -0.15) is 0 Å². The second kappa shape index (κ2) is 5.16. The Kier molecular flexibility index (Phi) is 3.61. The van der Waals surface area contributed by atoms with Crippen LogP contribution in [0.2, 0.25) is 0 Å². The van der Waals surface area contributed by atoms with Crippen LogP contribution in [-0.2, 0) is 11.3 Å². The maximum Gasteiger partial charge on any atom is 0.139 e. The highest BCUT2D eigenvalue weighted by molar-refractivity contribution is 7.71. The highest BCUT2D eigenvalue weighted by atomic mass is 32.1. The molecule has 2 rings (SSSR count). The SMILES string of the molecule is COCc1cc(=S)nc(-c2cccc(F)c2)[nH]1. The Morgan fingerprint density at radius 3 is 2.94 bits per heavy atom. The van der Waals surface area contributed by atoms with Gasteiger partial charge < -0.3 is 9.72 Å². The maximum absolute atomic E-state index is 13.1. The average Bonchev–Trinajstić information content (AvgIpc) is 2.28. The van der Waals surface area contributed by atoms with E-state index in [4.69, 9.17) is 17.0 Å². The summed E-state index contributed by atoms with van der Waals surface area (Å²) in [5.41, 5.74) is 1.47. The zero-order valence-corrected chi connectivity index (χ0v) is 10.1. The Morgan fingerprint density at radius 2 is 2.24 bits per heavy atom. The molecule has 0 spiro atoms. The fraction of sp³-hybridized carbons (Fsp3) is 0.167. The lowest BCUT2D eigenvalue weighted by atomic mass is 10.2. The number of nitrogens with zero attached hydrogens (tertiary/aromatic N) is 1. The largest absolute Gasteiger partial charge is 0.378 e. The molecular weight excluding hydrogens is 239 g/mol. The number of benzene rings is 1. The molecule has 1 heterocycles. The van der Waals surface area contributed by atoms with Gasteiger partial charge in [0.15, 0.2) is 0 Å². The minimum Gasteiger partial charge on any atom is -0.378 e. The standard InChI is InChI=1S/C12H11FN2OS/c1-16-7-10-6-11(17)15-12(14-10)8-3-2-4-9(13)5-8/h2-6H,7H2,1H3,(H,14,15,17). The molecule has 0 aliphatic heterocycles. The molecule has 0 bridgehead atoms. The molecule has 5 heteroatoms. The van der Waals surface area contributed by atoms with Crippen molar-refractivity contribution in [2.75, 3.05) is 7.11 Å². The smallest absolute Gasteiger partial charge is 0.139 e. The molecule has 88 valence electrons. The Hall–Kier alpha value is -1.59. The van der Waals surface area contributed by atoms with E-state index in [9.17, 15) is 4.39 Å². The second-order valence-electron chi connectivity index (χ2n) is 3.54. The van der Waals surface area contributed by atoms with Crippen molar-refractivity contribution in [2.24, 2.45) is 0 Å².